The maximum Gasteiger partial charge on any atom is 0.249 e. The Balaban J connectivity index is 4.09. The van der Waals surface area contributed by atoms with Crippen LogP contribution in [0.5, 0.6) is 0 Å². The molecule has 0 fully saturated rings. The summed E-state index contributed by atoms with van der Waals surface area (Å²) < 4.78 is 0. The van der Waals surface area contributed by atoms with Gasteiger partial charge in [-0.3, -0.25) is 24.0 Å². The number of amides is 2. The van der Waals surface area contributed by atoms with E-state index in [1.165, 1.54) is 27.7 Å². The Morgan fingerprint density at radius 2 is 1.56 bits per heavy atom. The van der Waals surface area contributed by atoms with Crippen LogP contribution in [0.4, 0.5) is 0 Å². The topological polar surface area (TPSA) is 150 Å². The number of hydrogen-bond acceptors (Lipinski definition) is 8. The van der Waals surface area contributed by atoms with E-state index in [1.807, 2.05) is 0 Å². The zero-order valence-electron chi connectivity index (χ0n) is 16.0. The number of carbonyl (C=O) groups excluding carboxylic acids is 5. The van der Waals surface area contributed by atoms with Gasteiger partial charge in [-0.25, -0.2) is 0 Å². The quantitative estimate of drug-likeness (QED) is 0.240. The Morgan fingerprint density at radius 3 is 2.04 bits per heavy atom. The zero-order valence-corrected chi connectivity index (χ0v) is 16.9. The summed E-state index contributed by atoms with van der Waals surface area (Å²) in [5, 5.41) is 23.3. The van der Waals surface area contributed by atoms with Crippen LogP contribution in [0.25, 0.3) is 0 Å². The van der Waals surface area contributed by atoms with Crippen molar-refractivity contribution >= 4 is 40.3 Å². The summed E-state index contributed by atoms with van der Waals surface area (Å²) >= 11 is 0.799. The molecule has 0 bridgehead atoms. The fraction of sp³-hybridized carbons (Fsp3) is 0.706. The average molecular weight is 404 g/mol. The first kappa shape index (κ1) is 25.2. The Morgan fingerprint density at radius 1 is 1.00 bits per heavy atom. The van der Waals surface area contributed by atoms with Gasteiger partial charge in [0.15, 0.2) is 0 Å². The first-order valence-electron chi connectivity index (χ1n) is 8.45. The molecule has 0 saturated heterocycles. The van der Waals surface area contributed by atoms with Crippen molar-refractivity contribution in [3.05, 3.63) is 0 Å². The van der Waals surface area contributed by atoms with Gasteiger partial charge in [-0.05, 0) is 13.8 Å². The first-order chi connectivity index (χ1) is 12.4. The minimum absolute atomic E-state index is 0.00601. The maximum atomic E-state index is 11.8. The molecule has 27 heavy (non-hydrogen) atoms. The highest BCUT2D eigenvalue weighted by Gasteiger charge is 2.32. The molecule has 0 aliphatic carbocycles. The number of thioether (sulfide) groups is 1. The number of rotatable bonds is 12. The molecule has 2 amide bonds. The van der Waals surface area contributed by atoms with Gasteiger partial charge in [-0.1, -0.05) is 25.6 Å². The van der Waals surface area contributed by atoms with Gasteiger partial charge in [0.25, 0.3) is 0 Å². The standard InChI is InChI=1S/C17H28N2O7S/c1-10(21)13(11(2)22)16(26)27-8-7-18-12(23)5-6-19-15(25)14(24)17(3,4)9-20/h13-14,20,24H,5-9H2,1-4H3,(H,18,23)(H,19,25)/t14-/m0/s1. The SMILES string of the molecule is CC(=O)C(C(C)=O)C(=O)SCCNC(=O)CCNC(=O)[C@H](O)C(C)(C)CO. The second-order valence-corrected chi connectivity index (χ2v) is 7.86. The molecule has 9 nitrogen and oxygen atoms in total. The third kappa shape index (κ3) is 9.12. The van der Waals surface area contributed by atoms with Crippen molar-refractivity contribution in [1.82, 2.24) is 10.6 Å². The number of aliphatic hydroxyl groups excluding tert-OH is 2. The Bertz CT molecular complexity index is 564. The number of hydrogen-bond donors (Lipinski definition) is 4. The molecule has 0 saturated carbocycles. The van der Waals surface area contributed by atoms with Gasteiger partial charge < -0.3 is 20.8 Å². The van der Waals surface area contributed by atoms with Crippen molar-refractivity contribution in [3.8, 4) is 0 Å². The van der Waals surface area contributed by atoms with E-state index in [-0.39, 0.29) is 37.8 Å². The summed E-state index contributed by atoms with van der Waals surface area (Å²) in [6, 6.07) is 0. The Kier molecular flexibility index (Phi) is 11.1. The molecular formula is C17H28N2O7S. The number of ketones is 2. The lowest BCUT2D eigenvalue weighted by Gasteiger charge is -2.27. The van der Waals surface area contributed by atoms with Crippen LogP contribution >= 0.6 is 11.8 Å². The zero-order chi connectivity index (χ0) is 21.2. The molecule has 0 rings (SSSR count). The molecule has 0 aromatic heterocycles. The lowest BCUT2D eigenvalue weighted by Crippen LogP contribution is -2.46. The van der Waals surface area contributed by atoms with E-state index in [4.69, 9.17) is 5.11 Å². The summed E-state index contributed by atoms with van der Waals surface area (Å²) in [6.07, 6.45) is -1.43. The van der Waals surface area contributed by atoms with E-state index in [2.05, 4.69) is 10.6 Å². The van der Waals surface area contributed by atoms with Gasteiger partial charge in [-0.15, -0.1) is 0 Å². The van der Waals surface area contributed by atoms with Gasteiger partial charge >= 0.3 is 0 Å². The highest BCUT2D eigenvalue weighted by atomic mass is 32.2. The van der Waals surface area contributed by atoms with Crippen LogP contribution < -0.4 is 10.6 Å². The minimum atomic E-state index is -1.40. The summed E-state index contributed by atoms with van der Waals surface area (Å²) in [5.74, 6) is -3.12. The van der Waals surface area contributed by atoms with Crippen LogP contribution in [0.1, 0.15) is 34.1 Å². The van der Waals surface area contributed by atoms with Crippen molar-refractivity contribution in [2.45, 2.75) is 40.2 Å². The van der Waals surface area contributed by atoms with Crippen molar-refractivity contribution in [1.29, 1.82) is 0 Å². The summed E-state index contributed by atoms with van der Waals surface area (Å²) in [4.78, 5) is 57.8. The predicted molar refractivity (Wildman–Crippen MR) is 99.8 cm³/mol. The van der Waals surface area contributed by atoms with Crippen molar-refractivity contribution < 1.29 is 34.2 Å². The van der Waals surface area contributed by atoms with Crippen LogP contribution in [0, 0.1) is 11.3 Å². The molecule has 0 unspecified atom stereocenters. The summed E-state index contributed by atoms with van der Waals surface area (Å²) in [6.45, 7) is 5.22. The molecule has 1 atom stereocenters. The normalized spacial score (nSPS) is 12.4. The van der Waals surface area contributed by atoms with Gasteiger partial charge in [0.1, 0.15) is 23.6 Å². The average Bonchev–Trinajstić information content (AvgIpc) is 2.57. The van der Waals surface area contributed by atoms with Crippen molar-refractivity contribution in [3.63, 3.8) is 0 Å². The lowest BCUT2D eigenvalue weighted by molar-refractivity contribution is -0.137. The van der Waals surface area contributed by atoms with E-state index in [9.17, 15) is 29.1 Å². The largest absolute Gasteiger partial charge is 0.396 e. The van der Waals surface area contributed by atoms with Gasteiger partial charge in [0.05, 0.1) is 6.61 Å². The molecule has 0 aromatic rings. The minimum Gasteiger partial charge on any atom is -0.396 e. The van der Waals surface area contributed by atoms with Gasteiger partial charge in [0.2, 0.25) is 16.9 Å². The van der Waals surface area contributed by atoms with E-state index in [1.54, 1.807) is 0 Å². The van der Waals surface area contributed by atoms with Crippen LogP contribution in [-0.2, 0) is 24.0 Å². The maximum absolute atomic E-state index is 11.8. The highest BCUT2D eigenvalue weighted by molar-refractivity contribution is 8.13. The van der Waals surface area contributed by atoms with E-state index in [0.29, 0.717) is 0 Å². The molecule has 154 valence electrons. The smallest absolute Gasteiger partial charge is 0.249 e. The molecule has 0 aromatic carbocycles. The van der Waals surface area contributed by atoms with Gasteiger partial charge in [-0.2, -0.15) is 0 Å². The monoisotopic (exact) mass is 404 g/mol. The summed E-state index contributed by atoms with van der Waals surface area (Å²) in [5.41, 5.74) is -0.992. The third-order valence-corrected chi connectivity index (χ3v) is 4.69. The van der Waals surface area contributed by atoms with Crippen molar-refractivity contribution in [2.75, 3.05) is 25.4 Å². The van der Waals surface area contributed by atoms with Crippen LogP contribution in [0.3, 0.4) is 0 Å². The fourth-order valence-electron chi connectivity index (χ4n) is 1.97. The number of carbonyl (C=O) groups is 5. The van der Waals surface area contributed by atoms with Crippen LogP contribution in [0.2, 0.25) is 0 Å². The van der Waals surface area contributed by atoms with E-state index in [0.717, 1.165) is 11.8 Å². The van der Waals surface area contributed by atoms with Crippen molar-refractivity contribution in [2.24, 2.45) is 11.3 Å². The van der Waals surface area contributed by atoms with E-state index >= 15 is 0 Å². The molecule has 0 spiro atoms. The van der Waals surface area contributed by atoms with Crippen LogP contribution in [-0.4, -0.2) is 70.3 Å². The first-order valence-corrected chi connectivity index (χ1v) is 9.43. The Hall–Kier alpha value is -1.78. The number of Topliss-reactive ketones (excluding diaryl/α,β-unsaturated/α-hetero) is 2. The molecule has 0 radical (unpaired) electrons. The molecule has 0 aliphatic heterocycles. The molecular weight excluding hydrogens is 376 g/mol. The third-order valence-electron chi connectivity index (χ3n) is 3.76. The molecule has 4 N–H and O–H groups in total. The van der Waals surface area contributed by atoms with Crippen LogP contribution in [0.15, 0.2) is 0 Å². The molecule has 0 aliphatic rings. The lowest BCUT2D eigenvalue weighted by atomic mass is 9.87. The second-order valence-electron chi connectivity index (χ2n) is 6.76. The summed E-state index contributed by atoms with van der Waals surface area (Å²) in [7, 11) is 0. The number of aliphatic hydroxyl groups is 2. The van der Waals surface area contributed by atoms with E-state index < -0.39 is 40.0 Å². The predicted octanol–water partition coefficient (Wildman–Crippen LogP) is -0.958. The second kappa shape index (κ2) is 11.8. The molecule has 0 heterocycles. The number of nitrogens with one attached hydrogen (secondary N) is 2. The highest BCUT2D eigenvalue weighted by Crippen LogP contribution is 2.19. The Labute approximate surface area is 162 Å². The fourth-order valence-corrected chi connectivity index (χ4v) is 2.87. The van der Waals surface area contributed by atoms with Gasteiger partial charge in [0, 0.05) is 30.7 Å². The molecule has 10 heteroatoms.